The van der Waals surface area contributed by atoms with Crippen LogP contribution in [0.4, 0.5) is 0 Å². The van der Waals surface area contributed by atoms with Crippen LogP contribution in [0.3, 0.4) is 0 Å². The number of aromatic nitrogens is 3. The fourth-order valence-corrected chi connectivity index (χ4v) is 4.02. The molecule has 2 aromatic heterocycles. The van der Waals surface area contributed by atoms with Crippen LogP contribution < -0.4 is 10.6 Å². The number of aliphatic imine (C=N–C) groups is 1. The molecule has 166 valence electrons. The highest BCUT2D eigenvalue weighted by atomic mass is 127. The largest absolute Gasteiger partial charge is 0.357 e. The third-order valence-electron chi connectivity index (χ3n) is 5.56. The van der Waals surface area contributed by atoms with Crippen molar-refractivity contribution in [3.05, 3.63) is 66.1 Å². The summed E-state index contributed by atoms with van der Waals surface area (Å²) in [6.45, 7) is 6.68. The average Bonchev–Trinajstić information content (AvgIpc) is 3.40. The van der Waals surface area contributed by atoms with E-state index in [1.165, 1.54) is 18.4 Å². The highest BCUT2D eigenvalue weighted by Crippen LogP contribution is 2.20. The number of nitrogens with zero attached hydrogens (tertiary/aromatic N) is 5. The van der Waals surface area contributed by atoms with Crippen LogP contribution in [0.5, 0.6) is 0 Å². The van der Waals surface area contributed by atoms with E-state index in [0.29, 0.717) is 6.04 Å². The topological polar surface area (TPSA) is 69.8 Å². The lowest BCUT2D eigenvalue weighted by Crippen LogP contribution is -2.40. The maximum Gasteiger partial charge on any atom is 0.191 e. The van der Waals surface area contributed by atoms with Gasteiger partial charge in [-0.3, -0.25) is 14.3 Å². The van der Waals surface area contributed by atoms with Gasteiger partial charge in [0.05, 0.1) is 6.54 Å². The van der Waals surface area contributed by atoms with E-state index in [-0.39, 0.29) is 24.0 Å². The van der Waals surface area contributed by atoms with Gasteiger partial charge in [-0.1, -0.05) is 36.4 Å². The lowest BCUT2D eigenvalue weighted by atomic mass is 10.2. The molecular weight excluding hydrogens is 501 g/mol. The van der Waals surface area contributed by atoms with Gasteiger partial charge in [0.2, 0.25) is 0 Å². The summed E-state index contributed by atoms with van der Waals surface area (Å²) in [5.41, 5.74) is 2.26. The van der Waals surface area contributed by atoms with Crippen LogP contribution in [0.15, 0.2) is 59.7 Å². The zero-order valence-electron chi connectivity index (χ0n) is 18.1. The summed E-state index contributed by atoms with van der Waals surface area (Å²) < 4.78 is 2.03. The van der Waals surface area contributed by atoms with Gasteiger partial charge < -0.3 is 10.6 Å². The fraction of sp³-hybridized carbons (Fsp3) is 0.435. The maximum absolute atomic E-state index is 4.88. The third-order valence-corrected chi connectivity index (χ3v) is 5.56. The molecule has 4 rings (SSSR count). The Morgan fingerprint density at radius 3 is 2.77 bits per heavy atom. The Kier molecular flexibility index (Phi) is 9.08. The molecule has 1 aliphatic heterocycles. The van der Waals surface area contributed by atoms with Gasteiger partial charge in [-0.15, -0.1) is 34.2 Å². The van der Waals surface area contributed by atoms with E-state index < -0.39 is 0 Å². The number of hydrogen-bond acceptors (Lipinski definition) is 4. The first-order valence-corrected chi connectivity index (χ1v) is 10.9. The summed E-state index contributed by atoms with van der Waals surface area (Å²) in [5.74, 6) is 1.83. The highest BCUT2D eigenvalue weighted by Gasteiger charge is 2.24. The van der Waals surface area contributed by atoms with E-state index >= 15 is 0 Å². The first-order chi connectivity index (χ1) is 14.8. The molecule has 31 heavy (non-hydrogen) atoms. The van der Waals surface area contributed by atoms with E-state index in [0.717, 1.165) is 56.6 Å². The monoisotopic (exact) mass is 533 g/mol. The van der Waals surface area contributed by atoms with Crippen molar-refractivity contribution in [2.24, 2.45) is 4.99 Å². The summed E-state index contributed by atoms with van der Waals surface area (Å²) in [4.78, 5) is 7.44. The van der Waals surface area contributed by atoms with Crippen LogP contribution in [0, 0.1) is 0 Å². The zero-order chi connectivity index (χ0) is 20.6. The van der Waals surface area contributed by atoms with Crippen molar-refractivity contribution in [2.45, 2.75) is 38.8 Å². The Bertz CT molecular complexity index is 957. The molecule has 1 aliphatic rings. The number of rotatable bonds is 8. The predicted molar refractivity (Wildman–Crippen MR) is 136 cm³/mol. The van der Waals surface area contributed by atoms with E-state index in [1.807, 2.05) is 28.8 Å². The minimum absolute atomic E-state index is 0. The molecule has 0 amide bonds. The fourth-order valence-electron chi connectivity index (χ4n) is 4.02. The first kappa shape index (κ1) is 23.5. The lowest BCUT2D eigenvalue weighted by molar-refractivity contribution is 0.250. The second kappa shape index (κ2) is 12.0. The molecule has 0 radical (unpaired) electrons. The van der Waals surface area contributed by atoms with Crippen molar-refractivity contribution in [3.63, 3.8) is 0 Å². The zero-order valence-corrected chi connectivity index (χ0v) is 20.4. The maximum atomic E-state index is 4.88. The second-order valence-electron chi connectivity index (χ2n) is 7.69. The van der Waals surface area contributed by atoms with Gasteiger partial charge in [-0.05, 0) is 44.0 Å². The number of halogens is 1. The molecule has 0 aliphatic carbocycles. The molecule has 1 unspecified atom stereocenters. The SMILES string of the molecule is CCNC(=NCC1CCCN1Cc1ccccc1)NCCc1nnc2ccccn12.I. The van der Waals surface area contributed by atoms with Crippen LogP contribution in [0.2, 0.25) is 0 Å². The van der Waals surface area contributed by atoms with E-state index in [4.69, 9.17) is 4.99 Å². The summed E-state index contributed by atoms with van der Waals surface area (Å²) in [7, 11) is 0. The van der Waals surface area contributed by atoms with E-state index in [1.54, 1.807) is 0 Å². The van der Waals surface area contributed by atoms with Gasteiger partial charge in [0, 0.05) is 38.3 Å². The molecule has 8 heteroatoms. The summed E-state index contributed by atoms with van der Waals surface area (Å²) in [5, 5.41) is 15.3. The number of fused-ring (bicyclic) bond motifs is 1. The Labute approximate surface area is 201 Å². The van der Waals surface area contributed by atoms with Gasteiger partial charge in [0.1, 0.15) is 5.82 Å². The van der Waals surface area contributed by atoms with Gasteiger partial charge in [0.25, 0.3) is 0 Å². The minimum Gasteiger partial charge on any atom is -0.357 e. The Morgan fingerprint density at radius 2 is 1.94 bits per heavy atom. The van der Waals surface area contributed by atoms with E-state index in [9.17, 15) is 0 Å². The summed E-state index contributed by atoms with van der Waals surface area (Å²) in [6, 6.07) is 17.2. The lowest BCUT2D eigenvalue weighted by Gasteiger charge is -2.23. The van der Waals surface area contributed by atoms with Crippen molar-refractivity contribution in [3.8, 4) is 0 Å². The molecular formula is C23H32IN7. The van der Waals surface area contributed by atoms with Crippen molar-refractivity contribution in [1.29, 1.82) is 0 Å². The molecule has 3 heterocycles. The van der Waals surface area contributed by atoms with Gasteiger partial charge in [-0.2, -0.15) is 0 Å². The van der Waals surface area contributed by atoms with Crippen LogP contribution in [0.25, 0.3) is 5.65 Å². The third kappa shape index (κ3) is 6.39. The summed E-state index contributed by atoms with van der Waals surface area (Å²) in [6.07, 6.45) is 5.25. The van der Waals surface area contributed by atoms with Crippen molar-refractivity contribution in [2.75, 3.05) is 26.2 Å². The molecule has 1 fully saturated rings. The smallest absolute Gasteiger partial charge is 0.191 e. The highest BCUT2D eigenvalue weighted by molar-refractivity contribution is 14.0. The van der Waals surface area contributed by atoms with Crippen LogP contribution in [-0.4, -0.2) is 57.7 Å². The quantitative estimate of drug-likeness (QED) is 0.265. The first-order valence-electron chi connectivity index (χ1n) is 10.9. The number of likely N-dealkylation sites (tertiary alicyclic amines) is 1. The predicted octanol–water partition coefficient (Wildman–Crippen LogP) is 3.11. The number of nitrogens with one attached hydrogen (secondary N) is 2. The van der Waals surface area contributed by atoms with Crippen LogP contribution in [0.1, 0.15) is 31.2 Å². The van der Waals surface area contributed by atoms with Crippen molar-refractivity contribution in [1.82, 2.24) is 30.1 Å². The van der Waals surface area contributed by atoms with Crippen molar-refractivity contribution >= 4 is 35.6 Å². The molecule has 2 N–H and O–H groups in total. The molecule has 7 nitrogen and oxygen atoms in total. The molecule has 0 spiro atoms. The molecule has 1 atom stereocenters. The summed E-state index contributed by atoms with van der Waals surface area (Å²) >= 11 is 0. The number of hydrogen-bond donors (Lipinski definition) is 2. The van der Waals surface area contributed by atoms with Crippen LogP contribution >= 0.6 is 24.0 Å². The minimum atomic E-state index is 0. The Hall–Kier alpha value is -2.20. The second-order valence-corrected chi connectivity index (χ2v) is 7.69. The molecule has 1 aromatic carbocycles. The van der Waals surface area contributed by atoms with Crippen LogP contribution in [-0.2, 0) is 13.0 Å². The van der Waals surface area contributed by atoms with Gasteiger partial charge in [-0.25, -0.2) is 0 Å². The van der Waals surface area contributed by atoms with Crippen molar-refractivity contribution < 1.29 is 0 Å². The number of guanidine groups is 1. The van der Waals surface area contributed by atoms with Gasteiger partial charge in [0.15, 0.2) is 11.6 Å². The number of pyridine rings is 1. The molecule has 3 aromatic rings. The average molecular weight is 533 g/mol. The molecule has 0 bridgehead atoms. The molecule has 1 saturated heterocycles. The number of benzene rings is 1. The van der Waals surface area contributed by atoms with E-state index in [2.05, 4.69) is 63.0 Å². The standard InChI is InChI=1S/C23H31N7.HI/c1-2-24-23(25-14-13-22-28-27-21-12-6-7-16-30(21)22)26-17-20-11-8-15-29(20)18-19-9-4-3-5-10-19;/h3-7,9-10,12,16,20H,2,8,11,13-15,17-18H2,1H3,(H2,24,25,26);1H. The Morgan fingerprint density at radius 1 is 1.10 bits per heavy atom. The Balaban J connectivity index is 0.00000272. The van der Waals surface area contributed by atoms with Gasteiger partial charge >= 0.3 is 0 Å². The molecule has 0 saturated carbocycles. The normalized spacial score (nSPS) is 16.9.